The summed E-state index contributed by atoms with van der Waals surface area (Å²) >= 11 is 11.9. The summed E-state index contributed by atoms with van der Waals surface area (Å²) in [5.41, 5.74) is 6.77. The molecule has 0 saturated carbocycles. The van der Waals surface area contributed by atoms with E-state index < -0.39 is 0 Å². The largest absolute Gasteiger partial charge is 0.396 e. The Labute approximate surface area is 118 Å². The number of hydrogen-bond acceptors (Lipinski definition) is 3. The van der Waals surface area contributed by atoms with Gasteiger partial charge in [0.15, 0.2) is 0 Å². The number of aliphatic hydroxyl groups is 1. The average molecular weight is 291 g/mol. The molecule has 0 fully saturated rings. The highest BCUT2D eigenvalue weighted by atomic mass is 35.5. The van der Waals surface area contributed by atoms with E-state index in [4.69, 9.17) is 34.0 Å². The van der Waals surface area contributed by atoms with Crippen LogP contribution in [0.5, 0.6) is 0 Å². The van der Waals surface area contributed by atoms with E-state index in [2.05, 4.69) is 5.32 Å². The second kappa shape index (κ2) is 8.73. The van der Waals surface area contributed by atoms with Gasteiger partial charge in [0.2, 0.25) is 0 Å². The Hall–Kier alpha value is -0.320. The van der Waals surface area contributed by atoms with Crippen LogP contribution in [0.1, 0.15) is 30.9 Å². The first-order chi connectivity index (χ1) is 8.67. The third kappa shape index (κ3) is 5.55. The van der Waals surface area contributed by atoms with Gasteiger partial charge in [0.1, 0.15) is 0 Å². The topological polar surface area (TPSA) is 58.3 Å². The summed E-state index contributed by atoms with van der Waals surface area (Å²) in [6.07, 6.45) is 2.88. The van der Waals surface area contributed by atoms with Gasteiger partial charge in [-0.25, -0.2) is 0 Å². The van der Waals surface area contributed by atoms with Crippen LogP contribution >= 0.6 is 23.2 Å². The molecule has 0 bridgehead atoms. The summed E-state index contributed by atoms with van der Waals surface area (Å²) in [7, 11) is 0. The number of nitrogens with two attached hydrogens (primary N) is 1. The molecule has 102 valence electrons. The zero-order chi connectivity index (χ0) is 13.4. The normalized spacial score (nSPS) is 12.7. The van der Waals surface area contributed by atoms with E-state index in [1.54, 1.807) is 6.07 Å². The number of unbranched alkanes of at least 4 members (excludes halogenated alkanes) is 2. The van der Waals surface area contributed by atoms with Gasteiger partial charge in [0.05, 0.1) is 0 Å². The van der Waals surface area contributed by atoms with Crippen molar-refractivity contribution < 1.29 is 5.11 Å². The summed E-state index contributed by atoms with van der Waals surface area (Å²) < 4.78 is 0. The average Bonchev–Trinajstić information content (AvgIpc) is 2.32. The van der Waals surface area contributed by atoms with Crippen molar-refractivity contribution in [3.8, 4) is 0 Å². The molecule has 1 rings (SSSR count). The van der Waals surface area contributed by atoms with Gasteiger partial charge in [-0.1, -0.05) is 23.2 Å². The summed E-state index contributed by atoms with van der Waals surface area (Å²) in [6, 6.07) is 5.54. The molecule has 0 heterocycles. The first kappa shape index (κ1) is 15.7. The van der Waals surface area contributed by atoms with Crippen molar-refractivity contribution in [2.45, 2.75) is 25.3 Å². The van der Waals surface area contributed by atoms with Crippen LogP contribution in [0.25, 0.3) is 0 Å². The number of benzene rings is 1. The van der Waals surface area contributed by atoms with Crippen molar-refractivity contribution >= 4 is 23.2 Å². The summed E-state index contributed by atoms with van der Waals surface area (Å²) in [5, 5.41) is 13.3. The van der Waals surface area contributed by atoms with Crippen LogP contribution in [0, 0.1) is 0 Å². The molecule has 1 atom stereocenters. The highest BCUT2D eigenvalue weighted by Crippen LogP contribution is 2.23. The second-order valence-corrected chi connectivity index (χ2v) is 5.10. The van der Waals surface area contributed by atoms with Crippen molar-refractivity contribution in [2.75, 3.05) is 19.7 Å². The van der Waals surface area contributed by atoms with Crippen LogP contribution in [0.3, 0.4) is 0 Å². The monoisotopic (exact) mass is 290 g/mol. The molecule has 0 amide bonds. The summed E-state index contributed by atoms with van der Waals surface area (Å²) in [6.45, 7) is 1.62. The maximum atomic E-state index is 8.69. The van der Waals surface area contributed by atoms with Crippen molar-refractivity contribution in [1.29, 1.82) is 0 Å². The fourth-order valence-electron chi connectivity index (χ4n) is 1.80. The lowest BCUT2D eigenvalue weighted by molar-refractivity contribution is 0.282. The number of halogens is 2. The standard InChI is InChI=1S/C13H20Cl2N2O/c14-11-6-10(7-12(15)8-11)13(9-16)17-4-2-1-3-5-18/h6-8,13,17-18H,1-5,9,16H2. The van der Waals surface area contributed by atoms with Gasteiger partial charge in [0, 0.05) is 29.2 Å². The molecule has 1 aromatic rings. The second-order valence-electron chi connectivity index (χ2n) is 4.23. The summed E-state index contributed by atoms with van der Waals surface area (Å²) in [5.74, 6) is 0. The zero-order valence-electron chi connectivity index (χ0n) is 10.3. The minimum Gasteiger partial charge on any atom is -0.396 e. The molecule has 0 aliphatic carbocycles. The van der Waals surface area contributed by atoms with Gasteiger partial charge in [0.25, 0.3) is 0 Å². The lowest BCUT2D eigenvalue weighted by atomic mass is 10.1. The molecular formula is C13H20Cl2N2O. The lowest BCUT2D eigenvalue weighted by Gasteiger charge is -2.18. The molecule has 18 heavy (non-hydrogen) atoms. The van der Waals surface area contributed by atoms with Gasteiger partial charge in [-0.05, 0) is 49.6 Å². The van der Waals surface area contributed by atoms with Crippen molar-refractivity contribution in [3.05, 3.63) is 33.8 Å². The van der Waals surface area contributed by atoms with Gasteiger partial charge >= 0.3 is 0 Å². The van der Waals surface area contributed by atoms with E-state index in [1.165, 1.54) is 0 Å². The van der Waals surface area contributed by atoms with E-state index in [0.29, 0.717) is 16.6 Å². The molecule has 4 N–H and O–H groups in total. The molecule has 0 radical (unpaired) electrons. The first-order valence-electron chi connectivity index (χ1n) is 6.17. The Balaban J connectivity index is 2.49. The molecule has 0 aromatic heterocycles. The van der Waals surface area contributed by atoms with E-state index in [9.17, 15) is 0 Å². The van der Waals surface area contributed by atoms with Gasteiger partial charge in [-0.3, -0.25) is 0 Å². The number of aliphatic hydroxyl groups excluding tert-OH is 1. The Morgan fingerprint density at radius 3 is 2.33 bits per heavy atom. The predicted octanol–water partition coefficient (Wildman–Crippen LogP) is 2.75. The molecule has 0 saturated heterocycles. The highest BCUT2D eigenvalue weighted by Gasteiger charge is 2.10. The third-order valence-corrected chi connectivity index (χ3v) is 3.19. The molecule has 1 unspecified atom stereocenters. The maximum Gasteiger partial charge on any atom is 0.0445 e. The fourth-order valence-corrected chi connectivity index (χ4v) is 2.35. The van der Waals surface area contributed by atoms with Crippen LogP contribution in [0.2, 0.25) is 10.0 Å². The van der Waals surface area contributed by atoms with Crippen LogP contribution in [-0.2, 0) is 0 Å². The van der Waals surface area contributed by atoms with Gasteiger partial charge in [-0.2, -0.15) is 0 Å². The molecule has 5 heteroatoms. The Morgan fingerprint density at radius 2 is 1.78 bits per heavy atom. The Bertz CT molecular complexity index is 341. The van der Waals surface area contributed by atoms with Crippen molar-refractivity contribution in [3.63, 3.8) is 0 Å². The van der Waals surface area contributed by atoms with E-state index in [0.717, 1.165) is 31.4 Å². The molecule has 0 aliphatic heterocycles. The highest BCUT2D eigenvalue weighted by molar-refractivity contribution is 6.34. The van der Waals surface area contributed by atoms with Crippen LogP contribution in [0.4, 0.5) is 0 Å². The molecule has 0 spiro atoms. The first-order valence-corrected chi connectivity index (χ1v) is 6.93. The number of hydrogen-bond donors (Lipinski definition) is 3. The molecule has 0 aliphatic rings. The lowest BCUT2D eigenvalue weighted by Crippen LogP contribution is -2.29. The molecular weight excluding hydrogens is 271 g/mol. The zero-order valence-corrected chi connectivity index (χ0v) is 11.8. The summed E-state index contributed by atoms with van der Waals surface area (Å²) in [4.78, 5) is 0. The van der Waals surface area contributed by atoms with E-state index in [-0.39, 0.29) is 12.6 Å². The van der Waals surface area contributed by atoms with E-state index in [1.807, 2.05) is 12.1 Å². The molecule has 3 nitrogen and oxygen atoms in total. The van der Waals surface area contributed by atoms with Crippen molar-refractivity contribution in [2.24, 2.45) is 5.73 Å². The Kier molecular flexibility index (Phi) is 7.63. The minimum atomic E-state index is 0.0651. The number of rotatable bonds is 8. The van der Waals surface area contributed by atoms with Crippen LogP contribution in [-0.4, -0.2) is 24.8 Å². The smallest absolute Gasteiger partial charge is 0.0445 e. The van der Waals surface area contributed by atoms with E-state index >= 15 is 0 Å². The maximum absolute atomic E-state index is 8.69. The van der Waals surface area contributed by atoms with Crippen LogP contribution < -0.4 is 11.1 Å². The predicted molar refractivity (Wildman–Crippen MR) is 77.2 cm³/mol. The fraction of sp³-hybridized carbons (Fsp3) is 0.538. The Morgan fingerprint density at radius 1 is 1.11 bits per heavy atom. The number of nitrogens with one attached hydrogen (secondary N) is 1. The van der Waals surface area contributed by atoms with Gasteiger partial charge in [-0.15, -0.1) is 0 Å². The quantitative estimate of drug-likeness (QED) is 0.645. The minimum absolute atomic E-state index is 0.0651. The SMILES string of the molecule is NCC(NCCCCCO)c1cc(Cl)cc(Cl)c1. The van der Waals surface area contributed by atoms with Gasteiger partial charge < -0.3 is 16.2 Å². The van der Waals surface area contributed by atoms with Crippen LogP contribution in [0.15, 0.2) is 18.2 Å². The third-order valence-electron chi connectivity index (χ3n) is 2.75. The molecule has 1 aromatic carbocycles. The van der Waals surface area contributed by atoms with Crippen molar-refractivity contribution in [1.82, 2.24) is 5.32 Å².